The van der Waals surface area contributed by atoms with Crippen LogP contribution in [-0.2, 0) is 21.7 Å². The molecule has 4 nitrogen and oxygen atoms in total. The van der Waals surface area contributed by atoms with E-state index in [2.05, 4.69) is 86.6 Å². The number of hydrogen-bond acceptors (Lipinski definition) is 4. The molecule has 8 aliphatic rings. The van der Waals surface area contributed by atoms with Crippen molar-refractivity contribution in [2.45, 2.75) is 126 Å². The fourth-order valence-corrected chi connectivity index (χ4v) is 16.6. The monoisotopic (exact) mass is 848 g/mol. The van der Waals surface area contributed by atoms with Gasteiger partial charge in [0.25, 0.3) is 0 Å². The van der Waals surface area contributed by atoms with Gasteiger partial charge < -0.3 is 20.4 Å². The van der Waals surface area contributed by atoms with Crippen LogP contribution in [0.3, 0.4) is 0 Å². The second-order valence-corrected chi connectivity index (χ2v) is 23.0. The van der Waals surface area contributed by atoms with Gasteiger partial charge in [0.1, 0.15) is 23.0 Å². The molecule has 8 fully saturated rings. The first-order valence-corrected chi connectivity index (χ1v) is 24.0. The zero-order valence-corrected chi connectivity index (χ0v) is 38.1. The van der Waals surface area contributed by atoms with Crippen LogP contribution in [0.25, 0.3) is 22.3 Å². The van der Waals surface area contributed by atoms with Crippen LogP contribution < -0.4 is 0 Å². The summed E-state index contributed by atoms with van der Waals surface area (Å²) in [6, 6.07) is 45.9. The minimum Gasteiger partial charge on any atom is -0.508 e. The molecular formula is C60H64O4. The van der Waals surface area contributed by atoms with Crippen LogP contribution in [0.4, 0.5) is 0 Å². The van der Waals surface area contributed by atoms with E-state index in [0.29, 0.717) is 33.8 Å². The van der Waals surface area contributed by atoms with E-state index in [1.807, 2.05) is 74.5 Å². The van der Waals surface area contributed by atoms with E-state index in [4.69, 9.17) is 0 Å². The lowest BCUT2D eigenvalue weighted by molar-refractivity contribution is -0.126. The highest BCUT2D eigenvalue weighted by Crippen LogP contribution is 2.74. The SMILES string of the molecule is Cc1cc(C23CC4(C)CC(C)(C2)CC(c2ccc(O)c(C)c2)(C4)C3)ccc1O.Oc1ccc(C23CC4CC(C2)CC(c2ccc(O)c(-c5ccccc5)c2)(C4)C3)cc1-c1ccccc1. The fraction of sp³-hybridized carbons (Fsp3) is 0.400. The molecule has 0 atom stereocenters. The van der Waals surface area contributed by atoms with Crippen LogP contribution in [0.5, 0.6) is 23.0 Å². The molecule has 0 aliphatic heterocycles. The normalized spacial score (nSPS) is 32.9. The third kappa shape index (κ3) is 6.76. The number of aromatic hydroxyl groups is 4. The largest absolute Gasteiger partial charge is 0.508 e. The molecule has 0 heterocycles. The number of benzene rings is 6. The van der Waals surface area contributed by atoms with Gasteiger partial charge in [-0.2, -0.15) is 0 Å². The number of rotatable bonds is 6. The third-order valence-corrected chi connectivity index (χ3v) is 17.7. The topological polar surface area (TPSA) is 80.9 Å². The molecule has 0 aromatic heterocycles. The molecule has 14 rings (SSSR count). The Bertz CT molecular complexity index is 2560. The standard InChI is InChI=1S/C34H32O2.C26H32O2/c35-31-13-11-27(16-29(31)25-7-3-1-4-8-25)33-18-23-15-24(19-33)21-34(20-23,22-33)28-12-14-32(36)30(17-28)26-9-5-2-6-10-26;1-17-9-19(5-7-21(17)27)25-12-23(3)11-24(4,13-25)15-26(14-23,16-25)20-6-8-22(28)18(2)10-20/h1-14,16-17,23-24,35-36H,15,18-22H2;5-10,27-28H,11-16H2,1-4H3. The summed E-state index contributed by atoms with van der Waals surface area (Å²) in [5, 5.41) is 41.7. The van der Waals surface area contributed by atoms with Crippen molar-refractivity contribution in [3.63, 3.8) is 0 Å². The van der Waals surface area contributed by atoms with E-state index in [9.17, 15) is 20.4 Å². The number of aryl methyl sites for hydroxylation is 2. The summed E-state index contributed by atoms with van der Waals surface area (Å²) in [7, 11) is 0. The molecule has 0 radical (unpaired) electrons. The number of hydrogen-bond donors (Lipinski definition) is 4. The maximum absolute atomic E-state index is 10.7. The molecule has 328 valence electrons. The second-order valence-electron chi connectivity index (χ2n) is 23.0. The van der Waals surface area contributed by atoms with E-state index < -0.39 is 0 Å². The fourth-order valence-electron chi connectivity index (χ4n) is 16.6. The highest BCUT2D eigenvalue weighted by molar-refractivity contribution is 5.72. The molecule has 8 saturated carbocycles. The van der Waals surface area contributed by atoms with Crippen LogP contribution in [-0.4, -0.2) is 20.4 Å². The molecule has 8 aliphatic carbocycles. The van der Waals surface area contributed by atoms with Gasteiger partial charge in [-0.15, -0.1) is 0 Å². The summed E-state index contributed by atoms with van der Waals surface area (Å²) in [5.74, 6) is 2.97. The molecule has 64 heavy (non-hydrogen) atoms. The summed E-state index contributed by atoms with van der Waals surface area (Å²) >= 11 is 0. The first kappa shape index (κ1) is 41.2. The van der Waals surface area contributed by atoms with Crippen molar-refractivity contribution in [3.05, 3.63) is 167 Å². The van der Waals surface area contributed by atoms with E-state index in [0.717, 1.165) is 51.6 Å². The minimum absolute atomic E-state index is 0.145. The molecule has 6 aromatic carbocycles. The molecule has 4 N–H and O–H groups in total. The minimum atomic E-state index is 0.145. The van der Waals surface area contributed by atoms with Crippen molar-refractivity contribution in [1.29, 1.82) is 0 Å². The molecule has 0 saturated heterocycles. The van der Waals surface area contributed by atoms with Crippen molar-refractivity contribution < 1.29 is 20.4 Å². The van der Waals surface area contributed by atoms with Gasteiger partial charge in [-0.05, 0) is 216 Å². The van der Waals surface area contributed by atoms with Crippen LogP contribution in [0, 0.1) is 36.5 Å². The third-order valence-electron chi connectivity index (χ3n) is 17.7. The Morgan fingerprint density at radius 2 is 0.719 bits per heavy atom. The number of phenols is 4. The summed E-state index contributed by atoms with van der Waals surface area (Å²) in [6.07, 6.45) is 15.0. The van der Waals surface area contributed by atoms with E-state index in [-0.39, 0.29) is 21.7 Å². The van der Waals surface area contributed by atoms with Gasteiger partial charge in [0.15, 0.2) is 0 Å². The van der Waals surface area contributed by atoms with Crippen molar-refractivity contribution in [3.8, 4) is 45.3 Å². The van der Waals surface area contributed by atoms with Crippen molar-refractivity contribution in [2.24, 2.45) is 22.7 Å². The predicted molar refractivity (Wildman–Crippen MR) is 258 cm³/mol. The van der Waals surface area contributed by atoms with Gasteiger partial charge in [0, 0.05) is 11.1 Å². The lowest BCUT2D eigenvalue weighted by Crippen LogP contribution is -2.62. The Labute approximate surface area is 380 Å². The highest BCUT2D eigenvalue weighted by Gasteiger charge is 2.66. The summed E-state index contributed by atoms with van der Waals surface area (Å²) in [6.45, 7) is 9.04. The molecule has 0 spiro atoms. The maximum Gasteiger partial charge on any atom is 0.123 e. The maximum atomic E-state index is 10.7. The first-order valence-electron chi connectivity index (χ1n) is 24.0. The molecule has 0 unspecified atom stereocenters. The lowest BCUT2D eigenvalue weighted by atomic mass is 9.34. The Morgan fingerprint density at radius 1 is 0.375 bits per heavy atom. The Morgan fingerprint density at radius 3 is 1.09 bits per heavy atom. The Kier molecular flexibility index (Phi) is 9.35. The molecule has 4 heteroatoms. The van der Waals surface area contributed by atoms with Gasteiger partial charge in [0.05, 0.1) is 0 Å². The zero-order chi connectivity index (χ0) is 44.3. The zero-order valence-electron chi connectivity index (χ0n) is 38.1. The molecule has 8 bridgehead atoms. The van der Waals surface area contributed by atoms with E-state index in [1.165, 1.54) is 92.9 Å². The van der Waals surface area contributed by atoms with Crippen LogP contribution >= 0.6 is 0 Å². The average Bonchev–Trinajstić information content (AvgIpc) is 3.25. The predicted octanol–water partition coefficient (Wildman–Crippen LogP) is 14.5. The quantitative estimate of drug-likeness (QED) is 0.135. The van der Waals surface area contributed by atoms with Crippen LogP contribution in [0.15, 0.2) is 133 Å². The Balaban J connectivity index is 0.000000147. The van der Waals surface area contributed by atoms with Crippen LogP contribution in [0.1, 0.15) is 124 Å². The first-order chi connectivity index (χ1) is 30.6. The summed E-state index contributed by atoms with van der Waals surface area (Å²) < 4.78 is 0. The van der Waals surface area contributed by atoms with Crippen molar-refractivity contribution in [2.75, 3.05) is 0 Å². The van der Waals surface area contributed by atoms with Gasteiger partial charge in [-0.25, -0.2) is 0 Å². The number of phenolic OH excluding ortho intramolecular Hbond substituents is 4. The second kappa shape index (κ2) is 14.5. The molecule has 0 amide bonds. The van der Waals surface area contributed by atoms with E-state index >= 15 is 0 Å². The lowest BCUT2D eigenvalue weighted by Gasteiger charge is -2.70. The summed E-state index contributed by atoms with van der Waals surface area (Å²) in [5.41, 5.74) is 13.0. The Hall–Kier alpha value is -5.48. The van der Waals surface area contributed by atoms with Crippen molar-refractivity contribution >= 4 is 0 Å². The van der Waals surface area contributed by atoms with Gasteiger partial charge in [0.2, 0.25) is 0 Å². The van der Waals surface area contributed by atoms with Gasteiger partial charge >= 0.3 is 0 Å². The molecule has 6 aromatic rings. The highest BCUT2D eigenvalue weighted by atomic mass is 16.3. The smallest absolute Gasteiger partial charge is 0.123 e. The van der Waals surface area contributed by atoms with Gasteiger partial charge in [-0.3, -0.25) is 0 Å². The van der Waals surface area contributed by atoms with Crippen molar-refractivity contribution in [1.82, 2.24) is 0 Å². The average molecular weight is 849 g/mol. The molecular weight excluding hydrogens is 785 g/mol. The van der Waals surface area contributed by atoms with E-state index in [1.54, 1.807) is 0 Å². The van der Waals surface area contributed by atoms with Crippen LogP contribution in [0.2, 0.25) is 0 Å². The van der Waals surface area contributed by atoms with Gasteiger partial charge in [-0.1, -0.05) is 111 Å². The summed E-state index contributed by atoms with van der Waals surface area (Å²) in [4.78, 5) is 0.